The van der Waals surface area contributed by atoms with Gasteiger partial charge in [0.25, 0.3) is 0 Å². The number of piperazine rings is 1. The summed E-state index contributed by atoms with van der Waals surface area (Å²) in [6.07, 6.45) is 1.54. The molecular formula is C18H19FN6. The van der Waals surface area contributed by atoms with E-state index in [1.807, 2.05) is 19.9 Å². The van der Waals surface area contributed by atoms with Gasteiger partial charge in [0.05, 0.1) is 5.52 Å². The molecule has 128 valence electrons. The van der Waals surface area contributed by atoms with Crippen LogP contribution in [0, 0.1) is 19.7 Å². The Kier molecular flexibility index (Phi) is 3.91. The Morgan fingerprint density at radius 1 is 0.920 bits per heavy atom. The second-order valence-corrected chi connectivity index (χ2v) is 6.25. The molecule has 0 N–H and O–H groups in total. The van der Waals surface area contributed by atoms with E-state index in [1.54, 1.807) is 12.4 Å². The highest BCUT2D eigenvalue weighted by molar-refractivity contribution is 5.89. The van der Waals surface area contributed by atoms with Crippen LogP contribution in [0.15, 0.2) is 30.6 Å². The Labute approximate surface area is 145 Å². The van der Waals surface area contributed by atoms with Crippen LogP contribution in [0.1, 0.15) is 11.5 Å². The first-order valence-corrected chi connectivity index (χ1v) is 8.32. The van der Waals surface area contributed by atoms with Gasteiger partial charge in [-0.15, -0.1) is 0 Å². The Bertz CT molecular complexity index is 900. The number of aryl methyl sites for hydroxylation is 2. The van der Waals surface area contributed by atoms with E-state index in [0.29, 0.717) is 0 Å². The number of hydrogen-bond donors (Lipinski definition) is 0. The minimum Gasteiger partial charge on any atom is -0.353 e. The number of nitrogens with zero attached hydrogens (tertiary/aromatic N) is 6. The first kappa shape index (κ1) is 15.7. The molecule has 3 heterocycles. The van der Waals surface area contributed by atoms with Crippen LogP contribution >= 0.6 is 0 Å². The van der Waals surface area contributed by atoms with E-state index >= 15 is 0 Å². The molecule has 2 aromatic heterocycles. The average Bonchev–Trinajstić information content (AvgIpc) is 2.60. The van der Waals surface area contributed by atoms with Crippen molar-refractivity contribution in [2.75, 3.05) is 36.0 Å². The van der Waals surface area contributed by atoms with Crippen molar-refractivity contribution in [2.45, 2.75) is 13.8 Å². The monoisotopic (exact) mass is 338 g/mol. The summed E-state index contributed by atoms with van der Waals surface area (Å²) >= 11 is 0. The fourth-order valence-electron chi connectivity index (χ4n) is 3.27. The summed E-state index contributed by atoms with van der Waals surface area (Å²) < 4.78 is 13.6. The molecule has 4 rings (SSSR count). The number of hydrogen-bond acceptors (Lipinski definition) is 6. The van der Waals surface area contributed by atoms with E-state index in [0.717, 1.165) is 60.2 Å². The quantitative estimate of drug-likeness (QED) is 0.716. The van der Waals surface area contributed by atoms with E-state index in [1.165, 1.54) is 12.1 Å². The zero-order valence-corrected chi connectivity index (χ0v) is 14.3. The lowest BCUT2D eigenvalue weighted by atomic mass is 10.2. The van der Waals surface area contributed by atoms with Gasteiger partial charge in [0.2, 0.25) is 0 Å². The number of halogens is 1. The van der Waals surface area contributed by atoms with E-state index in [-0.39, 0.29) is 5.82 Å². The highest BCUT2D eigenvalue weighted by atomic mass is 19.1. The van der Waals surface area contributed by atoms with Gasteiger partial charge in [0.1, 0.15) is 29.6 Å². The van der Waals surface area contributed by atoms with Crippen LogP contribution in [0.4, 0.5) is 16.0 Å². The minimum atomic E-state index is -0.269. The first-order chi connectivity index (χ1) is 12.1. The molecule has 0 amide bonds. The molecule has 0 saturated carbocycles. The van der Waals surface area contributed by atoms with Crippen LogP contribution < -0.4 is 9.80 Å². The molecule has 1 aliphatic heterocycles. The van der Waals surface area contributed by atoms with Crippen molar-refractivity contribution in [3.63, 3.8) is 0 Å². The third-order valence-corrected chi connectivity index (χ3v) is 4.43. The maximum atomic E-state index is 13.6. The normalized spacial score (nSPS) is 15.0. The molecule has 1 aliphatic rings. The number of anilines is 2. The van der Waals surface area contributed by atoms with Gasteiger partial charge >= 0.3 is 0 Å². The summed E-state index contributed by atoms with van der Waals surface area (Å²) in [5.74, 6) is 2.27. The molecule has 0 unspecified atom stereocenters. The SMILES string of the molecule is Cc1cc(N2CCN(c3ncnc4ccc(F)cc34)CC2)nc(C)n1. The number of fused-ring (bicyclic) bond motifs is 1. The largest absolute Gasteiger partial charge is 0.353 e. The van der Waals surface area contributed by atoms with Crippen molar-refractivity contribution >= 4 is 22.5 Å². The van der Waals surface area contributed by atoms with Crippen LogP contribution in [0.5, 0.6) is 0 Å². The van der Waals surface area contributed by atoms with Gasteiger partial charge in [-0.1, -0.05) is 0 Å². The topological polar surface area (TPSA) is 58.0 Å². The van der Waals surface area contributed by atoms with Crippen LogP contribution in [-0.2, 0) is 0 Å². The van der Waals surface area contributed by atoms with E-state index in [4.69, 9.17) is 0 Å². The average molecular weight is 338 g/mol. The number of aromatic nitrogens is 4. The van der Waals surface area contributed by atoms with Gasteiger partial charge in [0.15, 0.2) is 0 Å². The van der Waals surface area contributed by atoms with Crippen molar-refractivity contribution in [3.05, 3.63) is 47.9 Å². The van der Waals surface area contributed by atoms with Crippen molar-refractivity contribution in [1.82, 2.24) is 19.9 Å². The maximum Gasteiger partial charge on any atom is 0.140 e. The number of benzene rings is 1. The lowest BCUT2D eigenvalue weighted by Gasteiger charge is -2.36. The predicted octanol–water partition coefficient (Wildman–Crippen LogP) is 2.50. The second kappa shape index (κ2) is 6.23. The van der Waals surface area contributed by atoms with Gasteiger partial charge in [-0.2, -0.15) is 0 Å². The molecule has 1 fully saturated rings. The smallest absolute Gasteiger partial charge is 0.140 e. The summed E-state index contributed by atoms with van der Waals surface area (Å²) in [4.78, 5) is 21.9. The molecule has 7 heteroatoms. The summed E-state index contributed by atoms with van der Waals surface area (Å²) in [6.45, 7) is 7.15. The predicted molar refractivity (Wildman–Crippen MR) is 95.4 cm³/mol. The van der Waals surface area contributed by atoms with Crippen molar-refractivity contribution in [3.8, 4) is 0 Å². The fourth-order valence-corrected chi connectivity index (χ4v) is 3.27. The van der Waals surface area contributed by atoms with Gasteiger partial charge in [-0.05, 0) is 32.0 Å². The zero-order valence-electron chi connectivity index (χ0n) is 14.3. The second-order valence-electron chi connectivity index (χ2n) is 6.25. The maximum absolute atomic E-state index is 13.6. The number of rotatable bonds is 2. The molecule has 0 bridgehead atoms. The Morgan fingerprint density at radius 2 is 1.68 bits per heavy atom. The lowest BCUT2D eigenvalue weighted by Crippen LogP contribution is -2.47. The standard InChI is InChI=1S/C18H19FN6/c1-12-9-17(23-13(2)22-12)24-5-7-25(8-6-24)18-15-10-14(19)3-4-16(15)20-11-21-18/h3-4,9-11H,5-8H2,1-2H3. The molecule has 0 atom stereocenters. The summed E-state index contributed by atoms with van der Waals surface area (Å²) in [6, 6.07) is 6.64. The van der Waals surface area contributed by atoms with Crippen molar-refractivity contribution in [1.29, 1.82) is 0 Å². The van der Waals surface area contributed by atoms with Gasteiger partial charge < -0.3 is 9.80 Å². The first-order valence-electron chi connectivity index (χ1n) is 8.32. The molecule has 1 aromatic carbocycles. The van der Waals surface area contributed by atoms with Crippen LogP contribution in [0.2, 0.25) is 0 Å². The molecule has 1 saturated heterocycles. The lowest BCUT2D eigenvalue weighted by molar-refractivity contribution is 0.628. The third-order valence-electron chi connectivity index (χ3n) is 4.43. The van der Waals surface area contributed by atoms with Crippen molar-refractivity contribution in [2.24, 2.45) is 0 Å². The molecular weight excluding hydrogens is 319 g/mol. The summed E-state index contributed by atoms with van der Waals surface area (Å²) in [5.41, 5.74) is 1.73. The van der Waals surface area contributed by atoms with Gasteiger partial charge in [-0.3, -0.25) is 0 Å². The van der Waals surface area contributed by atoms with Gasteiger partial charge in [-0.25, -0.2) is 24.3 Å². The molecule has 6 nitrogen and oxygen atoms in total. The molecule has 0 radical (unpaired) electrons. The Hall–Kier alpha value is -2.83. The van der Waals surface area contributed by atoms with Crippen LogP contribution in [0.3, 0.4) is 0 Å². The highest BCUT2D eigenvalue weighted by Gasteiger charge is 2.21. The third kappa shape index (κ3) is 3.09. The molecule has 25 heavy (non-hydrogen) atoms. The Balaban J connectivity index is 1.57. The Morgan fingerprint density at radius 3 is 2.44 bits per heavy atom. The van der Waals surface area contributed by atoms with Gasteiger partial charge in [0, 0.05) is 43.3 Å². The highest BCUT2D eigenvalue weighted by Crippen LogP contribution is 2.25. The van der Waals surface area contributed by atoms with E-state index in [2.05, 4.69) is 29.7 Å². The minimum absolute atomic E-state index is 0.269. The fraction of sp³-hybridized carbons (Fsp3) is 0.333. The van der Waals surface area contributed by atoms with E-state index < -0.39 is 0 Å². The van der Waals surface area contributed by atoms with Crippen LogP contribution in [-0.4, -0.2) is 46.1 Å². The summed E-state index contributed by atoms with van der Waals surface area (Å²) in [7, 11) is 0. The van der Waals surface area contributed by atoms with E-state index in [9.17, 15) is 4.39 Å². The molecule has 0 spiro atoms. The molecule has 0 aliphatic carbocycles. The van der Waals surface area contributed by atoms with Crippen molar-refractivity contribution < 1.29 is 4.39 Å². The zero-order chi connectivity index (χ0) is 17.4. The summed E-state index contributed by atoms with van der Waals surface area (Å²) in [5, 5.41) is 0.754. The molecule has 3 aromatic rings. The van der Waals surface area contributed by atoms with Crippen LogP contribution in [0.25, 0.3) is 10.9 Å².